The van der Waals surface area contributed by atoms with Crippen LogP contribution < -0.4 is 10.5 Å². The summed E-state index contributed by atoms with van der Waals surface area (Å²) >= 11 is 0. The van der Waals surface area contributed by atoms with Crippen molar-refractivity contribution in [1.29, 1.82) is 0 Å². The molecule has 18 heavy (non-hydrogen) atoms. The fourth-order valence-corrected chi connectivity index (χ4v) is 2.43. The SMILES string of the molecule is COc1ccc(C(CN)N2CCC(OC)C2)cn1. The quantitative estimate of drug-likeness (QED) is 0.839. The molecule has 0 aromatic carbocycles. The van der Waals surface area contributed by atoms with Crippen molar-refractivity contribution in [1.82, 2.24) is 9.88 Å². The Morgan fingerprint density at radius 1 is 1.50 bits per heavy atom. The first kappa shape index (κ1) is 13.3. The van der Waals surface area contributed by atoms with E-state index in [0.29, 0.717) is 18.5 Å². The molecule has 0 radical (unpaired) electrons. The van der Waals surface area contributed by atoms with E-state index in [1.807, 2.05) is 18.3 Å². The van der Waals surface area contributed by atoms with Crippen LogP contribution in [0.3, 0.4) is 0 Å². The van der Waals surface area contributed by atoms with E-state index in [9.17, 15) is 0 Å². The Kier molecular flexibility index (Phi) is 4.52. The molecule has 0 aliphatic carbocycles. The Morgan fingerprint density at radius 2 is 2.33 bits per heavy atom. The van der Waals surface area contributed by atoms with Gasteiger partial charge in [-0.05, 0) is 12.0 Å². The minimum absolute atomic E-state index is 0.212. The summed E-state index contributed by atoms with van der Waals surface area (Å²) in [4.78, 5) is 6.60. The smallest absolute Gasteiger partial charge is 0.212 e. The minimum atomic E-state index is 0.212. The number of ether oxygens (including phenoxy) is 2. The van der Waals surface area contributed by atoms with Crippen LogP contribution in [0.15, 0.2) is 18.3 Å². The number of aromatic nitrogens is 1. The number of likely N-dealkylation sites (tertiary alicyclic amines) is 1. The maximum absolute atomic E-state index is 5.90. The summed E-state index contributed by atoms with van der Waals surface area (Å²) in [6, 6.07) is 4.12. The van der Waals surface area contributed by atoms with Crippen LogP contribution in [0.4, 0.5) is 0 Å². The van der Waals surface area contributed by atoms with E-state index in [1.165, 1.54) is 0 Å². The second-order valence-electron chi connectivity index (χ2n) is 4.53. The van der Waals surface area contributed by atoms with Gasteiger partial charge in [0.05, 0.1) is 13.2 Å². The molecule has 1 fully saturated rings. The highest BCUT2D eigenvalue weighted by atomic mass is 16.5. The summed E-state index contributed by atoms with van der Waals surface area (Å²) in [5, 5.41) is 0. The molecular weight excluding hydrogens is 230 g/mol. The van der Waals surface area contributed by atoms with Crippen LogP contribution >= 0.6 is 0 Å². The molecule has 1 aliphatic heterocycles. The van der Waals surface area contributed by atoms with Crippen molar-refractivity contribution in [3.8, 4) is 5.88 Å². The Morgan fingerprint density at radius 3 is 2.83 bits per heavy atom. The molecule has 0 spiro atoms. The van der Waals surface area contributed by atoms with Gasteiger partial charge in [-0.3, -0.25) is 4.90 Å². The molecule has 1 aliphatic rings. The Balaban J connectivity index is 2.08. The molecule has 2 atom stereocenters. The zero-order valence-electron chi connectivity index (χ0n) is 11.0. The highest BCUT2D eigenvalue weighted by Crippen LogP contribution is 2.25. The van der Waals surface area contributed by atoms with Crippen molar-refractivity contribution >= 4 is 0 Å². The number of hydrogen-bond donors (Lipinski definition) is 1. The van der Waals surface area contributed by atoms with Crippen LogP contribution in [0.2, 0.25) is 0 Å². The van der Waals surface area contributed by atoms with Gasteiger partial charge in [0.1, 0.15) is 0 Å². The van der Waals surface area contributed by atoms with Crippen LogP contribution in [0, 0.1) is 0 Å². The predicted molar refractivity (Wildman–Crippen MR) is 69.6 cm³/mol. The normalized spacial score (nSPS) is 22.1. The third-order valence-corrected chi connectivity index (χ3v) is 3.53. The van der Waals surface area contributed by atoms with Crippen molar-refractivity contribution in [3.63, 3.8) is 0 Å². The minimum Gasteiger partial charge on any atom is -0.481 e. The number of hydrogen-bond acceptors (Lipinski definition) is 5. The number of nitrogens with zero attached hydrogens (tertiary/aromatic N) is 2. The van der Waals surface area contributed by atoms with E-state index in [4.69, 9.17) is 15.2 Å². The monoisotopic (exact) mass is 251 g/mol. The van der Waals surface area contributed by atoms with E-state index < -0.39 is 0 Å². The Hall–Kier alpha value is -1.17. The Bertz CT molecular complexity index is 369. The van der Waals surface area contributed by atoms with Gasteiger partial charge >= 0.3 is 0 Å². The van der Waals surface area contributed by atoms with Crippen LogP contribution in [-0.2, 0) is 4.74 Å². The molecule has 2 rings (SSSR count). The van der Waals surface area contributed by atoms with E-state index in [-0.39, 0.29) is 6.04 Å². The van der Waals surface area contributed by atoms with Gasteiger partial charge in [-0.1, -0.05) is 6.07 Å². The third kappa shape index (κ3) is 2.80. The largest absolute Gasteiger partial charge is 0.481 e. The molecule has 0 bridgehead atoms. The van der Waals surface area contributed by atoms with Gasteiger partial charge in [-0.2, -0.15) is 0 Å². The lowest BCUT2D eigenvalue weighted by atomic mass is 10.1. The zero-order valence-corrected chi connectivity index (χ0v) is 11.0. The number of rotatable bonds is 5. The van der Waals surface area contributed by atoms with Crippen LogP contribution in [0.5, 0.6) is 5.88 Å². The van der Waals surface area contributed by atoms with E-state index in [1.54, 1.807) is 14.2 Å². The summed E-state index contributed by atoms with van der Waals surface area (Å²) in [5.74, 6) is 0.630. The first-order chi connectivity index (χ1) is 8.78. The molecule has 1 aromatic heterocycles. The zero-order chi connectivity index (χ0) is 13.0. The van der Waals surface area contributed by atoms with Gasteiger partial charge < -0.3 is 15.2 Å². The lowest BCUT2D eigenvalue weighted by molar-refractivity contribution is 0.101. The van der Waals surface area contributed by atoms with Crippen molar-refractivity contribution in [3.05, 3.63) is 23.9 Å². The van der Waals surface area contributed by atoms with E-state index in [2.05, 4.69) is 9.88 Å². The second kappa shape index (κ2) is 6.13. The van der Waals surface area contributed by atoms with Crippen molar-refractivity contribution in [2.45, 2.75) is 18.6 Å². The molecule has 1 aromatic rings. The molecule has 5 nitrogen and oxygen atoms in total. The van der Waals surface area contributed by atoms with Crippen molar-refractivity contribution in [2.24, 2.45) is 5.73 Å². The molecule has 2 unspecified atom stereocenters. The number of methoxy groups -OCH3 is 2. The van der Waals surface area contributed by atoms with E-state index in [0.717, 1.165) is 25.1 Å². The Labute approximate surface area is 108 Å². The summed E-state index contributed by atoms with van der Waals surface area (Å²) in [6.45, 7) is 2.54. The predicted octanol–water partition coefficient (Wildman–Crippen LogP) is 0.811. The van der Waals surface area contributed by atoms with Crippen molar-refractivity contribution < 1.29 is 9.47 Å². The molecule has 0 amide bonds. The molecule has 100 valence electrons. The maximum Gasteiger partial charge on any atom is 0.212 e. The van der Waals surface area contributed by atoms with Gasteiger partial charge in [-0.25, -0.2) is 4.98 Å². The highest BCUT2D eigenvalue weighted by Gasteiger charge is 2.28. The molecule has 5 heteroatoms. The standard InChI is InChI=1S/C13H21N3O2/c1-17-11-5-6-16(9-11)12(7-14)10-3-4-13(18-2)15-8-10/h3-4,8,11-12H,5-7,9,14H2,1-2H3. The van der Waals surface area contributed by atoms with Crippen molar-refractivity contribution in [2.75, 3.05) is 33.9 Å². The lowest BCUT2D eigenvalue weighted by Crippen LogP contribution is -2.33. The first-order valence-electron chi connectivity index (χ1n) is 6.25. The molecule has 2 N–H and O–H groups in total. The van der Waals surface area contributed by atoms with Gasteiger partial charge in [0.2, 0.25) is 5.88 Å². The van der Waals surface area contributed by atoms with Gasteiger partial charge in [0, 0.05) is 45.0 Å². The summed E-state index contributed by atoms with van der Waals surface area (Å²) in [7, 11) is 3.38. The second-order valence-corrected chi connectivity index (χ2v) is 4.53. The van der Waals surface area contributed by atoms with E-state index >= 15 is 0 Å². The van der Waals surface area contributed by atoms with Crippen LogP contribution in [0.1, 0.15) is 18.0 Å². The average molecular weight is 251 g/mol. The van der Waals surface area contributed by atoms with Crippen LogP contribution in [-0.4, -0.2) is 49.8 Å². The summed E-state index contributed by atoms with van der Waals surface area (Å²) < 4.78 is 10.5. The molecule has 2 heterocycles. The molecule has 1 saturated heterocycles. The molecular formula is C13H21N3O2. The maximum atomic E-state index is 5.90. The first-order valence-corrected chi connectivity index (χ1v) is 6.25. The highest BCUT2D eigenvalue weighted by molar-refractivity contribution is 5.21. The number of nitrogens with two attached hydrogens (primary N) is 1. The summed E-state index contributed by atoms with van der Waals surface area (Å²) in [5.41, 5.74) is 7.03. The van der Waals surface area contributed by atoms with Crippen LogP contribution in [0.25, 0.3) is 0 Å². The van der Waals surface area contributed by atoms with Gasteiger partial charge in [-0.15, -0.1) is 0 Å². The summed E-state index contributed by atoms with van der Waals surface area (Å²) in [6.07, 6.45) is 3.23. The fraction of sp³-hybridized carbons (Fsp3) is 0.615. The topological polar surface area (TPSA) is 60.6 Å². The molecule has 0 saturated carbocycles. The third-order valence-electron chi connectivity index (χ3n) is 3.53. The van der Waals surface area contributed by atoms with Gasteiger partial charge in [0.25, 0.3) is 0 Å². The lowest BCUT2D eigenvalue weighted by Gasteiger charge is -2.26. The average Bonchev–Trinajstić information content (AvgIpc) is 2.89. The fourth-order valence-electron chi connectivity index (χ4n) is 2.43. The number of pyridine rings is 1. The van der Waals surface area contributed by atoms with Gasteiger partial charge in [0.15, 0.2) is 0 Å².